The summed E-state index contributed by atoms with van der Waals surface area (Å²) in [5, 5.41) is 8.82. The Morgan fingerprint density at radius 1 is 1.44 bits per heavy atom. The minimum Gasteiger partial charge on any atom is -0.480 e. The van der Waals surface area contributed by atoms with Crippen LogP contribution in [0.2, 0.25) is 0 Å². The van der Waals surface area contributed by atoms with Crippen LogP contribution in [-0.4, -0.2) is 35.0 Å². The fourth-order valence-corrected chi connectivity index (χ4v) is 1.95. The zero-order valence-corrected chi connectivity index (χ0v) is 12.0. The molecule has 0 fully saturated rings. The minimum atomic E-state index is -0.992. The number of carbonyl (C=O) groups excluding carboxylic acids is 1. The number of aryl methyl sites for hydroxylation is 1. The highest BCUT2D eigenvalue weighted by Crippen LogP contribution is 2.13. The second-order valence-corrected chi connectivity index (χ2v) is 5.06. The molecule has 0 saturated carbocycles. The molecule has 1 aromatic rings. The van der Waals surface area contributed by atoms with Crippen molar-refractivity contribution in [3.8, 4) is 0 Å². The lowest BCUT2D eigenvalue weighted by molar-refractivity contribution is -0.148. The molecule has 1 amide bonds. The SMILES string of the molecule is CC(C(=O)O)N(C)C(=O)CCc1cccc(Br)c1. The Balaban J connectivity index is 2.53. The third-order valence-corrected chi connectivity index (χ3v) is 3.34. The van der Waals surface area contributed by atoms with Crippen LogP contribution in [0.3, 0.4) is 0 Å². The van der Waals surface area contributed by atoms with Gasteiger partial charge in [0.25, 0.3) is 0 Å². The van der Waals surface area contributed by atoms with Crippen molar-refractivity contribution in [2.24, 2.45) is 0 Å². The van der Waals surface area contributed by atoms with Crippen LogP contribution in [0, 0.1) is 0 Å². The van der Waals surface area contributed by atoms with Crippen molar-refractivity contribution in [1.29, 1.82) is 0 Å². The molecular weight excluding hydrogens is 298 g/mol. The van der Waals surface area contributed by atoms with E-state index in [4.69, 9.17) is 5.11 Å². The summed E-state index contributed by atoms with van der Waals surface area (Å²) in [6.45, 7) is 1.50. The van der Waals surface area contributed by atoms with Crippen LogP contribution in [-0.2, 0) is 16.0 Å². The van der Waals surface area contributed by atoms with E-state index in [1.807, 2.05) is 24.3 Å². The van der Waals surface area contributed by atoms with E-state index in [0.29, 0.717) is 12.8 Å². The molecule has 98 valence electrons. The Bertz CT molecular complexity index is 448. The van der Waals surface area contributed by atoms with Crippen LogP contribution >= 0.6 is 15.9 Å². The molecule has 1 N–H and O–H groups in total. The third kappa shape index (κ3) is 4.14. The second-order valence-electron chi connectivity index (χ2n) is 4.15. The summed E-state index contributed by atoms with van der Waals surface area (Å²) >= 11 is 3.37. The van der Waals surface area contributed by atoms with E-state index in [1.165, 1.54) is 18.9 Å². The van der Waals surface area contributed by atoms with Crippen LogP contribution in [0.1, 0.15) is 18.9 Å². The van der Waals surface area contributed by atoms with E-state index < -0.39 is 12.0 Å². The Kier molecular flexibility index (Phi) is 5.34. The number of carboxylic acids is 1. The van der Waals surface area contributed by atoms with Gasteiger partial charge in [-0.1, -0.05) is 28.1 Å². The standard InChI is InChI=1S/C13H16BrNO3/c1-9(13(17)18)15(2)12(16)7-6-10-4-3-5-11(14)8-10/h3-5,8-9H,6-7H2,1-2H3,(H,17,18). The second kappa shape index (κ2) is 6.54. The van der Waals surface area contributed by atoms with Gasteiger partial charge in [0.1, 0.15) is 6.04 Å². The molecule has 0 bridgehead atoms. The van der Waals surface area contributed by atoms with E-state index >= 15 is 0 Å². The van der Waals surface area contributed by atoms with Gasteiger partial charge >= 0.3 is 5.97 Å². The van der Waals surface area contributed by atoms with E-state index in [2.05, 4.69) is 15.9 Å². The molecule has 1 aromatic carbocycles. The molecule has 5 heteroatoms. The molecule has 0 aliphatic rings. The van der Waals surface area contributed by atoms with Gasteiger partial charge < -0.3 is 10.0 Å². The molecule has 1 unspecified atom stereocenters. The number of rotatable bonds is 5. The average molecular weight is 314 g/mol. The smallest absolute Gasteiger partial charge is 0.326 e. The van der Waals surface area contributed by atoms with Gasteiger partial charge in [0.05, 0.1) is 0 Å². The van der Waals surface area contributed by atoms with Crippen LogP contribution in [0.4, 0.5) is 0 Å². The number of carboxylic acid groups (broad SMARTS) is 1. The van der Waals surface area contributed by atoms with Gasteiger partial charge in [-0.3, -0.25) is 4.79 Å². The van der Waals surface area contributed by atoms with Crippen LogP contribution in [0.25, 0.3) is 0 Å². The fourth-order valence-electron chi connectivity index (χ4n) is 1.50. The first kappa shape index (κ1) is 14.7. The monoisotopic (exact) mass is 313 g/mol. The Labute approximate surface area is 115 Å². The van der Waals surface area contributed by atoms with Crippen molar-refractivity contribution in [3.63, 3.8) is 0 Å². The molecule has 1 rings (SSSR count). The summed E-state index contributed by atoms with van der Waals surface area (Å²) in [6, 6.07) is 6.93. The number of hydrogen-bond donors (Lipinski definition) is 1. The van der Waals surface area contributed by atoms with Gasteiger partial charge in [-0.15, -0.1) is 0 Å². The van der Waals surface area contributed by atoms with E-state index in [9.17, 15) is 9.59 Å². The van der Waals surface area contributed by atoms with Crippen LogP contribution in [0.5, 0.6) is 0 Å². The number of benzene rings is 1. The summed E-state index contributed by atoms with van der Waals surface area (Å²) in [6.07, 6.45) is 0.916. The first-order chi connectivity index (χ1) is 8.41. The number of nitrogens with zero attached hydrogens (tertiary/aromatic N) is 1. The first-order valence-corrected chi connectivity index (χ1v) is 6.44. The molecule has 0 saturated heterocycles. The molecule has 0 aliphatic heterocycles. The molecular formula is C13H16BrNO3. The lowest BCUT2D eigenvalue weighted by Crippen LogP contribution is -2.40. The Morgan fingerprint density at radius 3 is 2.67 bits per heavy atom. The van der Waals surface area contributed by atoms with Gasteiger partial charge in [-0.25, -0.2) is 4.79 Å². The van der Waals surface area contributed by atoms with Gasteiger partial charge in [0.15, 0.2) is 0 Å². The van der Waals surface area contributed by atoms with E-state index in [0.717, 1.165) is 10.0 Å². The normalized spacial score (nSPS) is 11.9. The van der Waals surface area contributed by atoms with E-state index in [-0.39, 0.29) is 5.91 Å². The van der Waals surface area contributed by atoms with Crippen molar-refractivity contribution in [3.05, 3.63) is 34.3 Å². The molecule has 4 nitrogen and oxygen atoms in total. The topological polar surface area (TPSA) is 57.6 Å². The lowest BCUT2D eigenvalue weighted by Gasteiger charge is -2.21. The maximum Gasteiger partial charge on any atom is 0.326 e. The summed E-state index contributed by atoms with van der Waals surface area (Å²) in [5.74, 6) is -1.15. The van der Waals surface area contributed by atoms with Gasteiger partial charge in [-0.2, -0.15) is 0 Å². The number of amides is 1. The van der Waals surface area contributed by atoms with Gasteiger partial charge in [0.2, 0.25) is 5.91 Å². The molecule has 0 aliphatic carbocycles. The number of halogens is 1. The zero-order valence-electron chi connectivity index (χ0n) is 10.4. The molecule has 18 heavy (non-hydrogen) atoms. The van der Waals surface area contributed by atoms with Crippen molar-refractivity contribution < 1.29 is 14.7 Å². The summed E-state index contributed by atoms with van der Waals surface area (Å²) < 4.78 is 0.972. The molecule has 0 heterocycles. The van der Waals surface area contributed by atoms with Crippen molar-refractivity contribution in [2.75, 3.05) is 7.05 Å². The summed E-state index contributed by atoms with van der Waals surface area (Å²) in [5.41, 5.74) is 1.05. The van der Waals surface area contributed by atoms with Crippen molar-refractivity contribution in [2.45, 2.75) is 25.8 Å². The highest BCUT2D eigenvalue weighted by Gasteiger charge is 2.21. The lowest BCUT2D eigenvalue weighted by atomic mass is 10.1. The van der Waals surface area contributed by atoms with Crippen molar-refractivity contribution in [1.82, 2.24) is 4.90 Å². The summed E-state index contributed by atoms with van der Waals surface area (Å²) in [7, 11) is 1.52. The quantitative estimate of drug-likeness (QED) is 0.907. The van der Waals surface area contributed by atoms with Crippen LogP contribution in [0.15, 0.2) is 28.7 Å². The third-order valence-electron chi connectivity index (χ3n) is 2.85. The van der Waals surface area contributed by atoms with E-state index in [1.54, 1.807) is 0 Å². The number of aliphatic carboxylic acids is 1. The predicted molar refractivity (Wildman–Crippen MR) is 72.3 cm³/mol. The van der Waals surface area contributed by atoms with Gasteiger partial charge in [0, 0.05) is 17.9 Å². The molecule has 0 spiro atoms. The minimum absolute atomic E-state index is 0.162. The zero-order chi connectivity index (χ0) is 13.7. The maximum absolute atomic E-state index is 11.8. The fraction of sp³-hybridized carbons (Fsp3) is 0.385. The molecule has 0 aromatic heterocycles. The average Bonchev–Trinajstić information content (AvgIpc) is 2.34. The Hall–Kier alpha value is -1.36. The predicted octanol–water partition coefficient (Wildman–Crippen LogP) is 2.31. The first-order valence-electron chi connectivity index (χ1n) is 5.64. The summed E-state index contributed by atoms with van der Waals surface area (Å²) in [4.78, 5) is 23.8. The highest BCUT2D eigenvalue weighted by atomic mass is 79.9. The maximum atomic E-state index is 11.8. The van der Waals surface area contributed by atoms with Crippen molar-refractivity contribution >= 4 is 27.8 Å². The molecule has 0 radical (unpaired) electrons. The van der Waals surface area contributed by atoms with Crippen LogP contribution < -0.4 is 0 Å². The molecule has 1 atom stereocenters. The number of hydrogen-bond acceptors (Lipinski definition) is 2. The highest BCUT2D eigenvalue weighted by molar-refractivity contribution is 9.10. The number of carbonyl (C=O) groups is 2. The van der Waals surface area contributed by atoms with Gasteiger partial charge in [-0.05, 0) is 31.0 Å². The number of likely N-dealkylation sites (N-methyl/N-ethyl adjacent to an activating group) is 1. The Morgan fingerprint density at radius 2 is 2.11 bits per heavy atom. The largest absolute Gasteiger partial charge is 0.480 e.